The molecule has 1 aliphatic carbocycles. The lowest BCUT2D eigenvalue weighted by atomic mass is 10.0. The van der Waals surface area contributed by atoms with Crippen molar-refractivity contribution in [3.05, 3.63) is 0 Å². The van der Waals surface area contributed by atoms with Crippen molar-refractivity contribution in [1.29, 1.82) is 0 Å². The predicted molar refractivity (Wildman–Crippen MR) is 65.6 cm³/mol. The van der Waals surface area contributed by atoms with Gasteiger partial charge in [0.25, 0.3) is 0 Å². The van der Waals surface area contributed by atoms with Crippen molar-refractivity contribution in [2.45, 2.75) is 12.8 Å². The van der Waals surface area contributed by atoms with E-state index in [1.54, 1.807) is 0 Å². The highest BCUT2D eigenvalue weighted by molar-refractivity contribution is 5.85. The molecule has 0 spiro atoms. The second kappa shape index (κ2) is 6.16. The fraction of sp³-hybridized carbons (Fsp3) is 1.00. The van der Waals surface area contributed by atoms with Gasteiger partial charge >= 0.3 is 0 Å². The van der Waals surface area contributed by atoms with E-state index in [1.807, 2.05) is 0 Å². The normalized spacial score (nSPS) is 34.9. The molecule has 1 saturated carbocycles. The highest BCUT2D eigenvalue weighted by Crippen LogP contribution is 2.38. The van der Waals surface area contributed by atoms with Gasteiger partial charge in [-0.15, -0.1) is 24.8 Å². The minimum Gasteiger partial charge on any atom is -0.316 e. The van der Waals surface area contributed by atoms with E-state index >= 15 is 0 Å². The largest absolute Gasteiger partial charge is 0.316 e. The lowest BCUT2D eigenvalue weighted by Crippen LogP contribution is -2.22. The van der Waals surface area contributed by atoms with E-state index in [4.69, 9.17) is 0 Å². The Labute approximate surface area is 99.6 Å². The van der Waals surface area contributed by atoms with E-state index < -0.39 is 0 Å². The van der Waals surface area contributed by atoms with E-state index in [0.29, 0.717) is 0 Å². The Hall–Kier alpha value is 0.500. The van der Waals surface area contributed by atoms with Gasteiger partial charge in [-0.2, -0.15) is 0 Å². The molecule has 2 unspecified atom stereocenters. The van der Waals surface area contributed by atoms with Crippen LogP contribution in [0.25, 0.3) is 0 Å². The second-order valence-electron chi connectivity index (χ2n) is 4.78. The molecular weight excluding hydrogens is 219 g/mol. The number of rotatable bonds is 2. The molecule has 2 rings (SSSR count). The summed E-state index contributed by atoms with van der Waals surface area (Å²) in [5.41, 5.74) is 0. The molecule has 14 heavy (non-hydrogen) atoms. The maximum atomic E-state index is 3.48. The highest BCUT2D eigenvalue weighted by Gasteiger charge is 2.36. The van der Waals surface area contributed by atoms with Gasteiger partial charge in [0.15, 0.2) is 0 Å². The molecule has 4 heteroatoms. The zero-order chi connectivity index (χ0) is 8.55. The van der Waals surface area contributed by atoms with Gasteiger partial charge in [0.05, 0.1) is 0 Å². The van der Waals surface area contributed by atoms with Crippen LogP contribution in [0, 0.1) is 17.8 Å². The van der Waals surface area contributed by atoms with Crippen molar-refractivity contribution in [2.24, 2.45) is 17.8 Å². The number of hydrogen-bond donors (Lipinski definition) is 1. The van der Waals surface area contributed by atoms with Gasteiger partial charge < -0.3 is 10.2 Å². The molecule has 0 amide bonds. The molecule has 0 radical (unpaired) electrons. The Morgan fingerprint density at radius 2 is 1.57 bits per heavy atom. The first-order valence-corrected chi connectivity index (χ1v) is 5.11. The number of nitrogens with one attached hydrogen (secondary N) is 1. The lowest BCUT2D eigenvalue weighted by Gasteiger charge is -2.16. The highest BCUT2D eigenvalue weighted by atomic mass is 35.5. The Morgan fingerprint density at radius 1 is 1.07 bits per heavy atom. The molecule has 1 saturated heterocycles. The Morgan fingerprint density at radius 3 is 2.00 bits per heavy atom. The molecule has 1 heterocycles. The third kappa shape index (κ3) is 3.27. The monoisotopic (exact) mass is 240 g/mol. The summed E-state index contributed by atoms with van der Waals surface area (Å²) < 4.78 is 0. The van der Waals surface area contributed by atoms with Gasteiger partial charge in [-0.1, -0.05) is 0 Å². The van der Waals surface area contributed by atoms with Crippen molar-refractivity contribution < 1.29 is 0 Å². The fourth-order valence-electron chi connectivity index (χ4n) is 2.96. The lowest BCUT2D eigenvalue weighted by molar-refractivity contribution is 0.317. The zero-order valence-corrected chi connectivity index (χ0v) is 10.7. The summed E-state index contributed by atoms with van der Waals surface area (Å²) in [5.74, 6) is 3.00. The van der Waals surface area contributed by atoms with E-state index in [2.05, 4.69) is 24.3 Å². The predicted octanol–water partition coefficient (Wildman–Crippen LogP) is 1.64. The van der Waals surface area contributed by atoms with Gasteiger partial charge in [-0.3, -0.25) is 0 Å². The van der Waals surface area contributed by atoms with Crippen LogP contribution in [-0.4, -0.2) is 38.6 Å². The van der Waals surface area contributed by atoms with E-state index in [0.717, 1.165) is 17.8 Å². The maximum Gasteiger partial charge on any atom is 0.000378 e. The maximum absolute atomic E-state index is 3.48. The number of nitrogens with zero attached hydrogens (tertiary/aromatic N) is 1. The molecule has 0 aromatic rings. The van der Waals surface area contributed by atoms with E-state index in [9.17, 15) is 0 Å². The first-order valence-electron chi connectivity index (χ1n) is 5.11. The second-order valence-corrected chi connectivity index (χ2v) is 4.78. The summed E-state index contributed by atoms with van der Waals surface area (Å²) >= 11 is 0. The Bertz CT molecular complexity index is 152. The summed E-state index contributed by atoms with van der Waals surface area (Å²) in [5, 5.41) is 3.48. The fourth-order valence-corrected chi connectivity index (χ4v) is 2.96. The minimum absolute atomic E-state index is 0. The Kier molecular flexibility index (Phi) is 6.38. The third-order valence-electron chi connectivity index (χ3n) is 3.38. The van der Waals surface area contributed by atoms with Gasteiger partial charge in [0, 0.05) is 6.54 Å². The average Bonchev–Trinajstić information content (AvgIpc) is 2.43. The standard InChI is InChI=1S/C10H20N2.2ClH/c1-12(2)7-8-3-9-5-11-6-10(9)4-8;;/h8-11H,3-7H2,1-2H3;2*1H. The molecule has 2 aliphatic rings. The molecule has 86 valence electrons. The van der Waals surface area contributed by atoms with Gasteiger partial charge in [0.1, 0.15) is 0 Å². The van der Waals surface area contributed by atoms with Crippen molar-refractivity contribution in [2.75, 3.05) is 33.7 Å². The average molecular weight is 241 g/mol. The SMILES string of the molecule is CN(C)CC1CC2CNCC2C1.Cl.Cl. The molecule has 1 aliphatic heterocycles. The summed E-state index contributed by atoms with van der Waals surface area (Å²) in [6.45, 7) is 3.87. The van der Waals surface area contributed by atoms with Crippen LogP contribution in [0.5, 0.6) is 0 Å². The van der Waals surface area contributed by atoms with Crippen LogP contribution < -0.4 is 5.32 Å². The molecule has 2 atom stereocenters. The van der Waals surface area contributed by atoms with Crippen LogP contribution in [0.15, 0.2) is 0 Å². The molecule has 0 aromatic carbocycles. The van der Waals surface area contributed by atoms with E-state index in [1.165, 1.54) is 32.5 Å². The minimum atomic E-state index is 0. The van der Waals surface area contributed by atoms with Gasteiger partial charge in [-0.25, -0.2) is 0 Å². The van der Waals surface area contributed by atoms with Crippen molar-refractivity contribution in [1.82, 2.24) is 10.2 Å². The quantitative estimate of drug-likeness (QED) is 0.790. The molecule has 0 aromatic heterocycles. The van der Waals surface area contributed by atoms with Gasteiger partial charge in [0.2, 0.25) is 0 Å². The topological polar surface area (TPSA) is 15.3 Å². The smallest absolute Gasteiger partial charge is 0.000378 e. The Balaban J connectivity index is 0.000000845. The van der Waals surface area contributed by atoms with E-state index in [-0.39, 0.29) is 24.8 Å². The third-order valence-corrected chi connectivity index (χ3v) is 3.38. The molecule has 0 bridgehead atoms. The molecule has 2 nitrogen and oxygen atoms in total. The zero-order valence-electron chi connectivity index (χ0n) is 9.03. The van der Waals surface area contributed by atoms with Crippen molar-refractivity contribution in [3.8, 4) is 0 Å². The van der Waals surface area contributed by atoms with Crippen LogP contribution in [0.3, 0.4) is 0 Å². The summed E-state index contributed by atoms with van der Waals surface area (Å²) in [7, 11) is 4.37. The van der Waals surface area contributed by atoms with Crippen LogP contribution in [-0.2, 0) is 0 Å². The van der Waals surface area contributed by atoms with Crippen molar-refractivity contribution in [3.63, 3.8) is 0 Å². The first kappa shape index (κ1) is 14.5. The molecular formula is C10H22Cl2N2. The number of hydrogen-bond acceptors (Lipinski definition) is 2. The van der Waals surface area contributed by atoms with Crippen LogP contribution in [0.2, 0.25) is 0 Å². The number of halogens is 2. The first-order chi connectivity index (χ1) is 5.75. The van der Waals surface area contributed by atoms with Crippen molar-refractivity contribution >= 4 is 24.8 Å². The molecule has 2 fully saturated rings. The molecule has 1 N–H and O–H groups in total. The summed E-state index contributed by atoms with van der Waals surface area (Å²) in [6, 6.07) is 0. The summed E-state index contributed by atoms with van der Waals surface area (Å²) in [4.78, 5) is 2.33. The van der Waals surface area contributed by atoms with Crippen LogP contribution >= 0.6 is 24.8 Å². The summed E-state index contributed by atoms with van der Waals surface area (Å²) in [6.07, 6.45) is 2.94. The van der Waals surface area contributed by atoms with Gasteiger partial charge in [-0.05, 0) is 57.8 Å². The van der Waals surface area contributed by atoms with Crippen LogP contribution in [0.1, 0.15) is 12.8 Å². The number of fused-ring (bicyclic) bond motifs is 1. The van der Waals surface area contributed by atoms with Crippen LogP contribution in [0.4, 0.5) is 0 Å².